The number of hydrogen-bond donors (Lipinski definition) is 2. The van der Waals surface area contributed by atoms with E-state index in [1.807, 2.05) is 12.1 Å². The first-order chi connectivity index (χ1) is 9.24. The number of pyridine rings is 1. The van der Waals surface area contributed by atoms with Crippen molar-refractivity contribution in [2.24, 2.45) is 0 Å². The molecular formula is C14H21N3OS. The summed E-state index contributed by atoms with van der Waals surface area (Å²) in [6.07, 6.45) is 8.27. The van der Waals surface area contributed by atoms with Gasteiger partial charge in [-0.1, -0.05) is 19.3 Å². The molecular weight excluding hydrogens is 258 g/mol. The molecule has 1 aromatic heterocycles. The van der Waals surface area contributed by atoms with Crippen LogP contribution in [0, 0.1) is 0 Å². The summed E-state index contributed by atoms with van der Waals surface area (Å²) < 4.78 is 0. The molecule has 2 rings (SSSR count). The van der Waals surface area contributed by atoms with Crippen LogP contribution in [0.2, 0.25) is 0 Å². The lowest BCUT2D eigenvalue weighted by atomic mass is 9.95. The molecule has 1 saturated carbocycles. The SMILES string of the molecule is Nc1ccc(SCCC(=O)NC2CCCCC2)nc1. The molecule has 4 nitrogen and oxygen atoms in total. The van der Waals surface area contributed by atoms with Crippen molar-refractivity contribution < 1.29 is 4.79 Å². The van der Waals surface area contributed by atoms with Crippen LogP contribution in [0.1, 0.15) is 38.5 Å². The number of carbonyl (C=O) groups excluding carboxylic acids is 1. The van der Waals surface area contributed by atoms with Crippen molar-refractivity contribution in [2.45, 2.75) is 49.6 Å². The lowest BCUT2D eigenvalue weighted by Crippen LogP contribution is -2.36. The van der Waals surface area contributed by atoms with Crippen LogP contribution in [0.15, 0.2) is 23.4 Å². The van der Waals surface area contributed by atoms with Crippen molar-refractivity contribution in [1.29, 1.82) is 0 Å². The molecule has 0 unspecified atom stereocenters. The molecule has 104 valence electrons. The second-order valence-electron chi connectivity index (χ2n) is 4.93. The maximum atomic E-state index is 11.8. The summed E-state index contributed by atoms with van der Waals surface area (Å²) in [7, 11) is 0. The van der Waals surface area contributed by atoms with Gasteiger partial charge in [0.25, 0.3) is 0 Å². The lowest BCUT2D eigenvalue weighted by Gasteiger charge is -2.22. The second kappa shape index (κ2) is 7.38. The van der Waals surface area contributed by atoms with Crippen LogP contribution in [0.25, 0.3) is 0 Å². The van der Waals surface area contributed by atoms with E-state index in [9.17, 15) is 4.79 Å². The van der Waals surface area contributed by atoms with Gasteiger partial charge in [-0.25, -0.2) is 4.98 Å². The highest BCUT2D eigenvalue weighted by atomic mass is 32.2. The second-order valence-corrected chi connectivity index (χ2v) is 6.05. The molecule has 3 N–H and O–H groups in total. The number of nitrogens with one attached hydrogen (secondary N) is 1. The smallest absolute Gasteiger partial charge is 0.221 e. The summed E-state index contributed by atoms with van der Waals surface area (Å²) in [6.45, 7) is 0. The number of hydrogen-bond acceptors (Lipinski definition) is 4. The van der Waals surface area contributed by atoms with Gasteiger partial charge < -0.3 is 11.1 Å². The van der Waals surface area contributed by atoms with Gasteiger partial charge in [-0.3, -0.25) is 4.79 Å². The maximum Gasteiger partial charge on any atom is 0.221 e. The van der Waals surface area contributed by atoms with Gasteiger partial charge >= 0.3 is 0 Å². The van der Waals surface area contributed by atoms with Gasteiger partial charge in [0.1, 0.15) is 0 Å². The van der Waals surface area contributed by atoms with Crippen molar-refractivity contribution >= 4 is 23.4 Å². The first kappa shape index (κ1) is 14.2. The Morgan fingerprint density at radius 2 is 2.16 bits per heavy atom. The summed E-state index contributed by atoms with van der Waals surface area (Å²) in [6, 6.07) is 4.12. The zero-order valence-electron chi connectivity index (χ0n) is 11.1. The Balaban J connectivity index is 1.64. The Kier molecular flexibility index (Phi) is 5.51. The van der Waals surface area contributed by atoms with Gasteiger partial charge in [-0.2, -0.15) is 0 Å². The quantitative estimate of drug-likeness (QED) is 0.813. The monoisotopic (exact) mass is 279 g/mol. The number of nitrogens with two attached hydrogens (primary N) is 1. The first-order valence-electron chi connectivity index (χ1n) is 6.88. The van der Waals surface area contributed by atoms with Gasteiger partial charge in [0.05, 0.1) is 16.9 Å². The highest BCUT2D eigenvalue weighted by molar-refractivity contribution is 7.99. The van der Waals surface area contributed by atoms with Gasteiger partial charge in [-0.15, -0.1) is 11.8 Å². The van der Waals surface area contributed by atoms with E-state index in [4.69, 9.17) is 5.73 Å². The van der Waals surface area contributed by atoms with Crippen LogP contribution >= 0.6 is 11.8 Å². The molecule has 1 heterocycles. The predicted molar refractivity (Wildman–Crippen MR) is 79.0 cm³/mol. The number of amides is 1. The van der Waals surface area contributed by atoms with E-state index < -0.39 is 0 Å². The van der Waals surface area contributed by atoms with Crippen LogP contribution in [-0.2, 0) is 4.79 Å². The normalized spacial score (nSPS) is 16.2. The average molecular weight is 279 g/mol. The van der Waals surface area contributed by atoms with E-state index in [1.54, 1.807) is 18.0 Å². The zero-order valence-corrected chi connectivity index (χ0v) is 11.9. The minimum Gasteiger partial charge on any atom is -0.397 e. The molecule has 0 radical (unpaired) electrons. The molecule has 0 spiro atoms. The van der Waals surface area contributed by atoms with Crippen molar-refractivity contribution in [3.05, 3.63) is 18.3 Å². The van der Waals surface area contributed by atoms with E-state index >= 15 is 0 Å². The lowest BCUT2D eigenvalue weighted by molar-refractivity contribution is -0.121. The molecule has 1 amide bonds. The number of rotatable bonds is 5. The van der Waals surface area contributed by atoms with E-state index in [0.717, 1.165) is 23.6 Å². The largest absolute Gasteiger partial charge is 0.397 e. The van der Waals surface area contributed by atoms with Crippen LogP contribution in [0.4, 0.5) is 5.69 Å². The molecule has 1 fully saturated rings. The van der Waals surface area contributed by atoms with Crippen LogP contribution < -0.4 is 11.1 Å². The standard InChI is InChI=1S/C14H21N3OS/c15-11-6-7-14(16-10-11)19-9-8-13(18)17-12-4-2-1-3-5-12/h6-7,10,12H,1-5,8-9,15H2,(H,17,18). The van der Waals surface area contributed by atoms with Crippen molar-refractivity contribution in [1.82, 2.24) is 10.3 Å². The van der Waals surface area contributed by atoms with E-state index in [2.05, 4.69) is 10.3 Å². The Morgan fingerprint density at radius 1 is 1.37 bits per heavy atom. The number of nitrogens with zero attached hydrogens (tertiary/aromatic N) is 1. The molecule has 1 aliphatic rings. The van der Waals surface area contributed by atoms with Crippen LogP contribution in [0.3, 0.4) is 0 Å². The fourth-order valence-corrected chi connectivity index (χ4v) is 3.06. The summed E-state index contributed by atoms with van der Waals surface area (Å²) in [5.41, 5.74) is 6.24. The first-order valence-corrected chi connectivity index (χ1v) is 7.86. The number of anilines is 1. The molecule has 1 aromatic rings. The predicted octanol–water partition coefficient (Wildman–Crippen LogP) is 2.59. The molecule has 0 bridgehead atoms. The van der Waals surface area contributed by atoms with Crippen LogP contribution in [0.5, 0.6) is 0 Å². The molecule has 0 aromatic carbocycles. The molecule has 0 saturated heterocycles. The molecule has 0 atom stereocenters. The highest BCUT2D eigenvalue weighted by Crippen LogP contribution is 2.19. The Morgan fingerprint density at radius 3 is 2.84 bits per heavy atom. The minimum absolute atomic E-state index is 0.162. The van der Waals surface area contributed by atoms with Gasteiger partial charge in [0.2, 0.25) is 5.91 Å². The number of thioether (sulfide) groups is 1. The third-order valence-corrected chi connectivity index (χ3v) is 4.25. The third-order valence-electron chi connectivity index (χ3n) is 3.31. The van der Waals surface area contributed by atoms with E-state index in [1.165, 1.54) is 19.3 Å². The fourth-order valence-electron chi connectivity index (χ4n) is 2.27. The molecule has 19 heavy (non-hydrogen) atoms. The average Bonchev–Trinajstić information content (AvgIpc) is 2.42. The highest BCUT2D eigenvalue weighted by Gasteiger charge is 2.15. The van der Waals surface area contributed by atoms with Crippen LogP contribution in [-0.4, -0.2) is 22.7 Å². The molecule has 1 aliphatic carbocycles. The van der Waals surface area contributed by atoms with E-state index in [0.29, 0.717) is 18.2 Å². The van der Waals surface area contributed by atoms with Gasteiger partial charge in [0, 0.05) is 18.2 Å². The zero-order chi connectivity index (χ0) is 13.5. The summed E-state index contributed by atoms with van der Waals surface area (Å²) in [4.78, 5) is 16.0. The Labute approximate surface area is 118 Å². The van der Waals surface area contributed by atoms with Crippen molar-refractivity contribution in [2.75, 3.05) is 11.5 Å². The molecule has 0 aliphatic heterocycles. The minimum atomic E-state index is 0.162. The molecule has 5 heteroatoms. The number of nitrogen functional groups attached to an aromatic ring is 1. The summed E-state index contributed by atoms with van der Waals surface area (Å²) in [5, 5.41) is 4.04. The third kappa shape index (κ3) is 5.11. The fraction of sp³-hybridized carbons (Fsp3) is 0.571. The number of aromatic nitrogens is 1. The Bertz CT molecular complexity index is 402. The summed E-state index contributed by atoms with van der Waals surface area (Å²) >= 11 is 1.59. The topological polar surface area (TPSA) is 68.0 Å². The van der Waals surface area contributed by atoms with Gasteiger partial charge in [-0.05, 0) is 25.0 Å². The van der Waals surface area contributed by atoms with Crippen molar-refractivity contribution in [3.63, 3.8) is 0 Å². The van der Waals surface area contributed by atoms with Gasteiger partial charge in [0.15, 0.2) is 0 Å². The van der Waals surface area contributed by atoms with Crippen molar-refractivity contribution in [3.8, 4) is 0 Å². The number of carbonyl (C=O) groups is 1. The van der Waals surface area contributed by atoms with E-state index in [-0.39, 0.29) is 5.91 Å². The Hall–Kier alpha value is -1.23. The maximum absolute atomic E-state index is 11.8. The summed E-state index contributed by atoms with van der Waals surface area (Å²) in [5.74, 6) is 0.921.